The lowest BCUT2D eigenvalue weighted by molar-refractivity contribution is 0.681. The Kier molecular flexibility index (Phi) is 6.83. The smallest absolute Gasteiger partial charge is 0.234 e. The monoisotopic (exact) mass is 566 g/mol. The molecule has 10 heteroatoms. The molecule has 0 amide bonds. The number of allylic oxidation sites excluding steroid dienone is 7. The van der Waals surface area contributed by atoms with Gasteiger partial charge in [0.1, 0.15) is 29.6 Å². The molecule has 0 radical (unpaired) electrons. The van der Waals surface area contributed by atoms with E-state index in [1.165, 1.54) is 48.5 Å². The standard InChI is InChI=1S/C34H8F2N8/c1-43-23(16-42)28-30-24(19-7-3-17(11-37)4-8-19)27-22(15-41)32(35)26(21(13-39)14-40)29(27)25(31(30)34(44-2)33(28)36)20-9-5-18(12-38)6-10-20/h3-10H/b28-23-. The van der Waals surface area contributed by atoms with E-state index in [0.717, 1.165) is 0 Å². The van der Waals surface area contributed by atoms with Gasteiger partial charge in [-0.15, -0.1) is 0 Å². The summed E-state index contributed by atoms with van der Waals surface area (Å²) in [6, 6.07) is 22.0. The number of nitriles is 6. The molecule has 0 spiro atoms. The molecule has 0 saturated heterocycles. The topological polar surface area (TPSA) is 151 Å². The SMILES string of the molecule is [C-]#[N+]C1=C(F)/C(=C(/C#N)[N+]#[C-])c2c1c(-c1ccc(C#N)cc1)c1c(c2-c2ccc(C#N)cc2)C(C#N)=C(F)C1=C(C#N)C#N. The number of halogens is 2. The van der Waals surface area contributed by atoms with Crippen molar-refractivity contribution in [2.45, 2.75) is 0 Å². The Morgan fingerprint density at radius 2 is 1.07 bits per heavy atom. The van der Waals surface area contributed by atoms with Gasteiger partial charge in [-0.3, -0.25) is 0 Å². The van der Waals surface area contributed by atoms with E-state index in [1.807, 2.05) is 12.1 Å². The lowest BCUT2D eigenvalue weighted by Crippen LogP contribution is -2.04. The van der Waals surface area contributed by atoms with Crippen LogP contribution in [0.25, 0.3) is 54.4 Å². The van der Waals surface area contributed by atoms with Crippen molar-refractivity contribution >= 4 is 22.4 Å². The summed E-state index contributed by atoms with van der Waals surface area (Å²) in [6.07, 6.45) is 0. The van der Waals surface area contributed by atoms with Crippen molar-refractivity contribution < 1.29 is 8.78 Å². The number of fused-ring (bicyclic) bond motifs is 2. The van der Waals surface area contributed by atoms with Crippen LogP contribution in [0.1, 0.15) is 33.4 Å². The van der Waals surface area contributed by atoms with E-state index in [-0.39, 0.29) is 55.6 Å². The van der Waals surface area contributed by atoms with E-state index in [0.29, 0.717) is 0 Å². The maximum atomic E-state index is 16.3. The lowest BCUT2D eigenvalue weighted by atomic mass is 9.79. The minimum absolute atomic E-state index is 0.0472. The number of benzene rings is 3. The highest BCUT2D eigenvalue weighted by Gasteiger charge is 2.43. The average Bonchev–Trinajstić information content (AvgIpc) is 3.51. The lowest BCUT2D eigenvalue weighted by Gasteiger charge is -2.23. The van der Waals surface area contributed by atoms with Crippen LogP contribution in [-0.4, -0.2) is 0 Å². The molecule has 3 aromatic rings. The molecule has 44 heavy (non-hydrogen) atoms. The number of hydrogen-bond acceptors (Lipinski definition) is 6. The van der Waals surface area contributed by atoms with Crippen molar-refractivity contribution in [2.24, 2.45) is 0 Å². The van der Waals surface area contributed by atoms with E-state index in [1.54, 1.807) is 24.3 Å². The largest absolute Gasteiger partial charge is 0.271 e. The van der Waals surface area contributed by atoms with Gasteiger partial charge in [0.05, 0.1) is 48.1 Å². The van der Waals surface area contributed by atoms with Crippen molar-refractivity contribution in [1.29, 1.82) is 31.6 Å². The van der Waals surface area contributed by atoms with E-state index < -0.39 is 45.3 Å². The molecule has 0 aliphatic heterocycles. The molecule has 3 aromatic carbocycles. The van der Waals surface area contributed by atoms with Crippen LogP contribution in [0, 0.1) is 81.1 Å². The van der Waals surface area contributed by atoms with E-state index in [9.17, 15) is 31.6 Å². The first-order valence-electron chi connectivity index (χ1n) is 12.3. The summed E-state index contributed by atoms with van der Waals surface area (Å²) in [5.74, 6) is -2.41. The van der Waals surface area contributed by atoms with Crippen molar-refractivity contribution in [2.75, 3.05) is 0 Å². The van der Waals surface area contributed by atoms with Crippen LogP contribution >= 0.6 is 0 Å². The first-order chi connectivity index (χ1) is 21.3. The molecule has 198 valence electrons. The molecule has 0 bridgehead atoms. The summed E-state index contributed by atoms with van der Waals surface area (Å²) >= 11 is 0. The van der Waals surface area contributed by atoms with Crippen molar-refractivity contribution in [3.8, 4) is 58.7 Å². The van der Waals surface area contributed by atoms with Gasteiger partial charge in [-0.05, 0) is 57.6 Å². The number of rotatable bonds is 2. The molecule has 0 unspecified atom stereocenters. The van der Waals surface area contributed by atoms with Crippen LogP contribution in [0.5, 0.6) is 0 Å². The summed E-state index contributed by atoms with van der Waals surface area (Å²) < 4.78 is 32.6. The van der Waals surface area contributed by atoms with Gasteiger partial charge >= 0.3 is 0 Å². The van der Waals surface area contributed by atoms with E-state index >= 15 is 8.78 Å². The second-order valence-corrected chi connectivity index (χ2v) is 9.12. The Labute approximate surface area is 249 Å². The molecule has 0 fully saturated rings. The van der Waals surface area contributed by atoms with Crippen molar-refractivity contribution in [3.05, 3.63) is 128 Å². The van der Waals surface area contributed by atoms with E-state index in [4.69, 9.17) is 13.1 Å². The van der Waals surface area contributed by atoms with Gasteiger partial charge < -0.3 is 0 Å². The van der Waals surface area contributed by atoms with Gasteiger partial charge in [0.25, 0.3) is 5.70 Å². The van der Waals surface area contributed by atoms with Crippen LogP contribution < -0.4 is 0 Å². The molecule has 0 atom stereocenters. The third-order valence-corrected chi connectivity index (χ3v) is 7.11. The van der Waals surface area contributed by atoms with E-state index in [2.05, 4.69) is 9.69 Å². The zero-order chi connectivity index (χ0) is 31.7. The fraction of sp³-hybridized carbons (Fsp3) is 0. The first kappa shape index (κ1) is 27.9. The summed E-state index contributed by atoms with van der Waals surface area (Å²) in [5.41, 5.74) is -3.58. The minimum Gasteiger partial charge on any atom is -0.234 e. The Morgan fingerprint density at radius 1 is 0.568 bits per heavy atom. The predicted molar refractivity (Wildman–Crippen MR) is 152 cm³/mol. The fourth-order valence-electron chi connectivity index (χ4n) is 5.36. The minimum atomic E-state index is -1.21. The molecule has 0 saturated carbocycles. The third-order valence-electron chi connectivity index (χ3n) is 7.11. The Balaban J connectivity index is 2.21. The van der Waals surface area contributed by atoms with Gasteiger partial charge in [0.2, 0.25) is 5.70 Å². The van der Waals surface area contributed by atoms with Crippen molar-refractivity contribution in [3.63, 3.8) is 0 Å². The second kappa shape index (κ2) is 10.8. The van der Waals surface area contributed by atoms with Crippen LogP contribution in [0.3, 0.4) is 0 Å². The molecule has 0 heterocycles. The zero-order valence-corrected chi connectivity index (χ0v) is 22.0. The molecule has 0 N–H and O–H groups in total. The molecule has 0 aromatic heterocycles. The fourth-order valence-corrected chi connectivity index (χ4v) is 5.36. The van der Waals surface area contributed by atoms with Gasteiger partial charge in [-0.1, -0.05) is 24.3 Å². The van der Waals surface area contributed by atoms with Crippen LogP contribution in [0.4, 0.5) is 8.78 Å². The maximum absolute atomic E-state index is 16.3. The van der Waals surface area contributed by atoms with Crippen LogP contribution in [0.15, 0.2) is 71.5 Å². The molecule has 2 aliphatic carbocycles. The number of hydrogen-bond donors (Lipinski definition) is 0. The average molecular weight is 566 g/mol. The van der Waals surface area contributed by atoms with Crippen LogP contribution in [-0.2, 0) is 0 Å². The zero-order valence-electron chi connectivity index (χ0n) is 22.0. The Hall–Kier alpha value is -7.60. The maximum Gasteiger partial charge on any atom is 0.271 e. The molecular formula is C34H8F2N8. The quantitative estimate of drug-likeness (QED) is 0.231. The Morgan fingerprint density at radius 3 is 1.48 bits per heavy atom. The first-order valence-corrected chi connectivity index (χ1v) is 12.3. The summed E-state index contributed by atoms with van der Waals surface area (Å²) in [6.45, 7) is 15.5. The van der Waals surface area contributed by atoms with Crippen LogP contribution in [0.2, 0.25) is 0 Å². The summed E-state index contributed by atoms with van der Waals surface area (Å²) in [7, 11) is 0. The van der Waals surface area contributed by atoms with Gasteiger partial charge in [-0.25, -0.2) is 23.7 Å². The summed E-state index contributed by atoms with van der Waals surface area (Å²) in [4.78, 5) is 6.56. The highest BCUT2D eigenvalue weighted by atomic mass is 19.1. The van der Waals surface area contributed by atoms with Gasteiger partial charge in [0, 0.05) is 22.3 Å². The summed E-state index contributed by atoms with van der Waals surface area (Å²) in [5, 5.41) is 58.4. The molecular weight excluding hydrogens is 558 g/mol. The normalized spacial score (nSPS) is 13.5. The predicted octanol–water partition coefficient (Wildman–Crippen LogP) is 7.51. The second-order valence-electron chi connectivity index (χ2n) is 9.12. The van der Waals surface area contributed by atoms with Gasteiger partial charge in [0.15, 0.2) is 5.83 Å². The highest BCUT2D eigenvalue weighted by molar-refractivity contribution is 6.20. The molecule has 8 nitrogen and oxygen atoms in total. The highest BCUT2D eigenvalue weighted by Crippen LogP contribution is 2.60. The number of nitrogens with zero attached hydrogens (tertiary/aromatic N) is 8. The third kappa shape index (κ3) is 3.81. The Bertz CT molecular complexity index is 2150. The van der Waals surface area contributed by atoms with Crippen molar-refractivity contribution in [1.82, 2.24) is 0 Å². The molecule has 2 aliphatic rings. The molecule has 5 rings (SSSR count). The van der Waals surface area contributed by atoms with Gasteiger partial charge in [-0.2, -0.15) is 26.3 Å².